The maximum absolute atomic E-state index is 11.1. The lowest BCUT2D eigenvalue weighted by atomic mass is 9.99. The van der Waals surface area contributed by atoms with Crippen molar-refractivity contribution in [2.75, 3.05) is 12.4 Å². The number of ether oxygens (including phenoxy) is 1. The number of aromatic nitrogens is 1. The van der Waals surface area contributed by atoms with Gasteiger partial charge in [0.2, 0.25) is 14.8 Å². The Labute approximate surface area is 121 Å². The lowest BCUT2D eigenvalue weighted by Crippen LogP contribution is -2.24. The summed E-state index contributed by atoms with van der Waals surface area (Å²) in [5.74, 6) is -1.00. The molecule has 0 aromatic carbocycles. The molecular formula is C11H15ClN2O5S. The van der Waals surface area contributed by atoms with Crippen molar-refractivity contribution < 1.29 is 18.1 Å². The minimum Gasteiger partial charge on any atom is -0.485 e. The van der Waals surface area contributed by atoms with E-state index in [1.165, 1.54) is 18.3 Å². The Kier molecular flexibility index (Phi) is 5.70. The van der Waals surface area contributed by atoms with Crippen LogP contribution in [0.2, 0.25) is 0 Å². The highest BCUT2D eigenvalue weighted by atomic mass is 35.7. The molecule has 0 N–H and O–H groups in total. The van der Waals surface area contributed by atoms with Gasteiger partial charge in [-0.15, -0.1) is 0 Å². The quantitative estimate of drug-likeness (QED) is 0.433. The highest BCUT2D eigenvalue weighted by Crippen LogP contribution is 2.25. The van der Waals surface area contributed by atoms with Crippen molar-refractivity contribution in [1.29, 1.82) is 0 Å². The van der Waals surface area contributed by atoms with Crippen LogP contribution < -0.4 is 4.74 Å². The topological polar surface area (TPSA) is 99.4 Å². The molecule has 1 atom stereocenters. The molecule has 20 heavy (non-hydrogen) atoms. The van der Waals surface area contributed by atoms with E-state index in [1.54, 1.807) is 0 Å². The summed E-state index contributed by atoms with van der Waals surface area (Å²) in [6, 6.07) is 2.92. The van der Waals surface area contributed by atoms with Gasteiger partial charge in [-0.3, -0.25) is 0 Å². The third-order valence-electron chi connectivity index (χ3n) is 2.73. The Morgan fingerprint density at radius 2 is 2.15 bits per heavy atom. The second kappa shape index (κ2) is 6.85. The maximum atomic E-state index is 11.1. The molecule has 0 aliphatic heterocycles. The molecule has 0 fully saturated rings. The van der Waals surface area contributed by atoms with Crippen molar-refractivity contribution in [3.05, 3.63) is 28.4 Å². The number of hydrogen-bond acceptors (Lipinski definition) is 6. The fourth-order valence-electron chi connectivity index (χ4n) is 1.52. The van der Waals surface area contributed by atoms with Gasteiger partial charge in [0.25, 0.3) is 0 Å². The normalized spacial score (nSPS) is 13.2. The van der Waals surface area contributed by atoms with Crippen molar-refractivity contribution in [3.63, 3.8) is 0 Å². The molecule has 9 heteroatoms. The zero-order valence-electron chi connectivity index (χ0n) is 11.0. The molecule has 0 saturated carbocycles. The zero-order chi connectivity index (χ0) is 15.3. The molecule has 0 spiro atoms. The Morgan fingerprint density at radius 1 is 1.50 bits per heavy atom. The molecule has 0 saturated heterocycles. The van der Waals surface area contributed by atoms with E-state index in [0.29, 0.717) is 0 Å². The molecule has 0 radical (unpaired) electrons. The lowest BCUT2D eigenvalue weighted by Gasteiger charge is -2.19. The van der Waals surface area contributed by atoms with Crippen LogP contribution in [0.4, 0.5) is 5.82 Å². The first-order valence-corrected chi connectivity index (χ1v) is 8.33. The molecule has 1 aromatic heterocycles. The van der Waals surface area contributed by atoms with Gasteiger partial charge >= 0.3 is 5.82 Å². The smallest absolute Gasteiger partial charge is 0.406 e. The average Bonchev–Trinajstić information content (AvgIpc) is 2.33. The van der Waals surface area contributed by atoms with E-state index in [2.05, 4.69) is 4.98 Å². The Balaban J connectivity index is 2.81. The molecule has 0 aliphatic rings. The van der Waals surface area contributed by atoms with E-state index in [9.17, 15) is 18.5 Å². The largest absolute Gasteiger partial charge is 0.485 e. The summed E-state index contributed by atoms with van der Waals surface area (Å²) in [7, 11) is 1.58. The minimum atomic E-state index is -3.66. The van der Waals surface area contributed by atoms with Crippen LogP contribution in [0, 0.1) is 22.0 Å². The van der Waals surface area contributed by atoms with Crippen molar-refractivity contribution in [2.45, 2.75) is 13.8 Å². The molecule has 1 rings (SSSR count). The van der Waals surface area contributed by atoms with Crippen molar-refractivity contribution in [1.82, 2.24) is 4.98 Å². The predicted octanol–water partition coefficient (Wildman–Crippen LogP) is 2.21. The molecule has 0 bridgehead atoms. The summed E-state index contributed by atoms with van der Waals surface area (Å²) in [5, 5.41) is 10.8. The zero-order valence-corrected chi connectivity index (χ0v) is 12.6. The third-order valence-corrected chi connectivity index (χ3v) is 3.94. The van der Waals surface area contributed by atoms with Crippen LogP contribution in [-0.4, -0.2) is 30.7 Å². The van der Waals surface area contributed by atoms with Crippen LogP contribution >= 0.6 is 10.7 Å². The highest BCUT2D eigenvalue weighted by molar-refractivity contribution is 8.13. The molecule has 1 aromatic rings. The summed E-state index contributed by atoms with van der Waals surface area (Å²) in [6.07, 6.45) is 1.29. The number of pyridine rings is 1. The second-order valence-corrected chi connectivity index (χ2v) is 7.42. The predicted molar refractivity (Wildman–Crippen MR) is 74.4 cm³/mol. The van der Waals surface area contributed by atoms with Gasteiger partial charge in [-0.2, -0.15) is 0 Å². The molecule has 0 aliphatic carbocycles. The standard InChI is InChI=1S/C11H15ClN2O5S/c1-8(2)9(7-20(12,17)18)6-19-10-4-3-5-13-11(10)14(15)16/h3-5,8-9H,6-7H2,1-2H3. The summed E-state index contributed by atoms with van der Waals surface area (Å²) in [6.45, 7) is 3.66. The van der Waals surface area contributed by atoms with Crippen molar-refractivity contribution in [3.8, 4) is 5.75 Å². The van der Waals surface area contributed by atoms with Gasteiger partial charge in [-0.25, -0.2) is 8.42 Å². The first-order chi connectivity index (χ1) is 9.20. The minimum absolute atomic E-state index is 0.000692. The van der Waals surface area contributed by atoms with Crippen molar-refractivity contribution >= 4 is 25.6 Å². The van der Waals surface area contributed by atoms with E-state index < -0.39 is 19.8 Å². The number of halogens is 1. The van der Waals surface area contributed by atoms with Crippen LogP contribution in [0.5, 0.6) is 5.75 Å². The SMILES string of the molecule is CC(C)C(COc1cccnc1[N+](=O)[O-])CS(=O)(=O)Cl. The monoisotopic (exact) mass is 322 g/mol. The van der Waals surface area contributed by atoms with E-state index in [-0.39, 0.29) is 29.9 Å². The Morgan fingerprint density at radius 3 is 2.65 bits per heavy atom. The number of rotatable bonds is 7. The van der Waals surface area contributed by atoms with Gasteiger partial charge in [-0.05, 0) is 28.0 Å². The Hall–Kier alpha value is -1.41. The van der Waals surface area contributed by atoms with Crippen LogP contribution in [-0.2, 0) is 9.05 Å². The van der Waals surface area contributed by atoms with E-state index in [1.807, 2.05) is 13.8 Å². The second-order valence-electron chi connectivity index (χ2n) is 4.60. The summed E-state index contributed by atoms with van der Waals surface area (Å²) >= 11 is 0. The van der Waals surface area contributed by atoms with Gasteiger partial charge in [0, 0.05) is 16.6 Å². The third kappa shape index (κ3) is 5.30. The van der Waals surface area contributed by atoms with Crippen molar-refractivity contribution in [2.24, 2.45) is 11.8 Å². The van der Waals surface area contributed by atoms with E-state index in [4.69, 9.17) is 15.4 Å². The summed E-state index contributed by atoms with van der Waals surface area (Å²) < 4.78 is 27.6. The number of hydrogen-bond donors (Lipinski definition) is 0. The average molecular weight is 323 g/mol. The number of nitrogens with zero attached hydrogens (tertiary/aromatic N) is 2. The van der Waals surface area contributed by atoms with Crippen LogP contribution in [0.25, 0.3) is 0 Å². The van der Waals surface area contributed by atoms with Crippen LogP contribution in [0.15, 0.2) is 18.3 Å². The van der Waals surface area contributed by atoms with Gasteiger partial charge < -0.3 is 14.9 Å². The fourth-order valence-corrected chi connectivity index (χ4v) is 3.00. The van der Waals surface area contributed by atoms with Gasteiger partial charge in [0.15, 0.2) is 0 Å². The highest BCUT2D eigenvalue weighted by Gasteiger charge is 2.23. The molecule has 7 nitrogen and oxygen atoms in total. The number of nitro groups is 1. The fraction of sp³-hybridized carbons (Fsp3) is 0.545. The molecule has 1 unspecified atom stereocenters. The molecule has 1 heterocycles. The first-order valence-electron chi connectivity index (χ1n) is 5.85. The van der Waals surface area contributed by atoms with Gasteiger partial charge in [0.05, 0.1) is 12.4 Å². The van der Waals surface area contributed by atoms with Crippen LogP contribution in [0.3, 0.4) is 0 Å². The Bertz CT molecular complexity index is 576. The summed E-state index contributed by atoms with van der Waals surface area (Å²) in [4.78, 5) is 13.7. The summed E-state index contributed by atoms with van der Waals surface area (Å²) in [5.41, 5.74) is 0. The first kappa shape index (κ1) is 16.6. The van der Waals surface area contributed by atoms with E-state index >= 15 is 0 Å². The maximum Gasteiger partial charge on any atom is 0.406 e. The van der Waals surface area contributed by atoms with Crippen LogP contribution in [0.1, 0.15) is 13.8 Å². The van der Waals surface area contributed by atoms with Gasteiger partial charge in [-0.1, -0.05) is 13.8 Å². The molecule has 112 valence electrons. The molecule has 0 amide bonds. The molecular weight excluding hydrogens is 308 g/mol. The van der Waals surface area contributed by atoms with Gasteiger partial charge in [0.1, 0.15) is 6.20 Å². The lowest BCUT2D eigenvalue weighted by molar-refractivity contribution is -0.390. The van der Waals surface area contributed by atoms with E-state index in [0.717, 1.165) is 0 Å².